The van der Waals surface area contributed by atoms with Crippen molar-refractivity contribution < 1.29 is 17.9 Å². The number of aryl methyl sites for hydroxylation is 1. The predicted octanol–water partition coefficient (Wildman–Crippen LogP) is 4.37. The van der Waals surface area contributed by atoms with E-state index in [9.17, 15) is 13.2 Å². The molecule has 0 heterocycles. The van der Waals surface area contributed by atoms with Crippen LogP contribution in [0.5, 0.6) is 5.75 Å². The van der Waals surface area contributed by atoms with Crippen LogP contribution in [-0.4, -0.2) is 33.7 Å². The van der Waals surface area contributed by atoms with E-state index >= 15 is 0 Å². The van der Waals surface area contributed by atoms with Gasteiger partial charge in [-0.25, -0.2) is 13.8 Å². The molecular formula is C27H28N4O4S. The number of benzene rings is 3. The predicted molar refractivity (Wildman–Crippen MR) is 140 cm³/mol. The van der Waals surface area contributed by atoms with Gasteiger partial charge in [-0.1, -0.05) is 43.7 Å². The van der Waals surface area contributed by atoms with Crippen molar-refractivity contribution in [3.05, 3.63) is 89.5 Å². The highest BCUT2D eigenvalue weighted by Gasteiger charge is 2.27. The smallest absolute Gasteiger partial charge is 0.264 e. The Hall–Kier alpha value is -4.16. The summed E-state index contributed by atoms with van der Waals surface area (Å²) in [5.41, 5.74) is 5.45. The van der Waals surface area contributed by atoms with Gasteiger partial charge in [-0.05, 0) is 72.5 Å². The lowest BCUT2D eigenvalue weighted by atomic mass is 10.0. The van der Waals surface area contributed by atoms with Gasteiger partial charge in [0.1, 0.15) is 18.4 Å². The Balaban J connectivity index is 1.78. The molecule has 3 aromatic rings. The molecule has 0 fully saturated rings. The third-order valence-electron chi connectivity index (χ3n) is 5.33. The summed E-state index contributed by atoms with van der Waals surface area (Å²) >= 11 is 0. The van der Waals surface area contributed by atoms with E-state index in [4.69, 9.17) is 10.00 Å². The number of carbonyl (C=O) groups is 1. The van der Waals surface area contributed by atoms with Crippen LogP contribution in [0.4, 0.5) is 5.69 Å². The zero-order valence-electron chi connectivity index (χ0n) is 20.4. The van der Waals surface area contributed by atoms with Crippen LogP contribution in [0.25, 0.3) is 0 Å². The lowest BCUT2D eigenvalue weighted by molar-refractivity contribution is -0.119. The fourth-order valence-corrected chi connectivity index (χ4v) is 4.71. The highest BCUT2D eigenvalue weighted by molar-refractivity contribution is 7.92. The minimum absolute atomic E-state index is 0.0499. The Bertz CT molecular complexity index is 1340. The second-order valence-corrected chi connectivity index (χ2v) is 10.2. The maximum absolute atomic E-state index is 13.5. The summed E-state index contributed by atoms with van der Waals surface area (Å²) in [5.74, 6) is 0.229. The Morgan fingerprint density at radius 1 is 1.06 bits per heavy atom. The fourth-order valence-electron chi connectivity index (χ4n) is 3.29. The molecule has 0 spiro atoms. The van der Waals surface area contributed by atoms with E-state index < -0.39 is 22.5 Å². The maximum atomic E-state index is 13.5. The van der Waals surface area contributed by atoms with Crippen LogP contribution >= 0.6 is 0 Å². The van der Waals surface area contributed by atoms with Crippen molar-refractivity contribution in [2.75, 3.05) is 17.5 Å². The van der Waals surface area contributed by atoms with Gasteiger partial charge in [-0.15, -0.1) is 0 Å². The SMILES string of the molecule is Cc1ccc(S(=O)(=O)N(CC(=O)N/N=C\c2ccc(OCC#N)cc2)c2ccc(C(C)C)cc2)cc1. The third-order valence-corrected chi connectivity index (χ3v) is 7.12. The van der Waals surface area contributed by atoms with Gasteiger partial charge in [0.25, 0.3) is 15.9 Å². The molecule has 3 rings (SSSR count). The largest absolute Gasteiger partial charge is 0.479 e. The number of anilines is 1. The first-order chi connectivity index (χ1) is 17.2. The average Bonchev–Trinajstić information content (AvgIpc) is 2.87. The maximum Gasteiger partial charge on any atom is 0.264 e. The number of hydrogen-bond donors (Lipinski definition) is 1. The first kappa shape index (κ1) is 26.4. The number of sulfonamides is 1. The Morgan fingerprint density at radius 3 is 2.28 bits per heavy atom. The number of nitrogens with zero attached hydrogens (tertiary/aromatic N) is 3. The van der Waals surface area contributed by atoms with Crippen molar-refractivity contribution in [2.24, 2.45) is 5.10 Å². The highest BCUT2D eigenvalue weighted by Crippen LogP contribution is 2.26. The molecule has 9 heteroatoms. The van der Waals surface area contributed by atoms with Gasteiger partial charge in [0, 0.05) is 0 Å². The van der Waals surface area contributed by atoms with Gasteiger partial charge in [-0.2, -0.15) is 10.4 Å². The minimum atomic E-state index is -4.00. The van der Waals surface area contributed by atoms with Crippen LogP contribution in [0.15, 0.2) is 82.8 Å². The minimum Gasteiger partial charge on any atom is -0.479 e. The van der Waals surface area contributed by atoms with Crippen molar-refractivity contribution in [2.45, 2.75) is 31.6 Å². The number of rotatable bonds is 10. The second kappa shape index (κ2) is 12.0. The molecule has 0 saturated heterocycles. The number of carbonyl (C=O) groups excluding carboxylic acids is 1. The van der Waals surface area contributed by atoms with Gasteiger partial charge < -0.3 is 4.74 Å². The first-order valence-electron chi connectivity index (χ1n) is 11.3. The van der Waals surface area contributed by atoms with Gasteiger partial charge in [0.2, 0.25) is 0 Å². The molecule has 36 heavy (non-hydrogen) atoms. The molecule has 186 valence electrons. The van der Waals surface area contributed by atoms with Crippen molar-refractivity contribution >= 4 is 27.8 Å². The topological polar surface area (TPSA) is 112 Å². The number of hydrazone groups is 1. The molecule has 0 saturated carbocycles. The molecule has 0 atom stereocenters. The summed E-state index contributed by atoms with van der Waals surface area (Å²) < 4.78 is 33.2. The van der Waals surface area contributed by atoms with E-state index in [1.807, 2.05) is 39.0 Å². The lowest BCUT2D eigenvalue weighted by Gasteiger charge is -2.24. The van der Waals surface area contributed by atoms with E-state index in [0.29, 0.717) is 17.0 Å². The standard InChI is InChI=1S/C27H28N4O4S/c1-20(2)23-8-10-24(11-9-23)31(36(33,34)26-14-4-21(3)5-15-26)19-27(32)30-29-18-22-6-12-25(13-7-22)35-17-16-28/h4-15,18,20H,17,19H2,1-3H3,(H,30,32)/b29-18-. The molecule has 0 aliphatic carbocycles. The van der Waals surface area contributed by atoms with Gasteiger partial charge in [-0.3, -0.25) is 9.10 Å². The molecular weight excluding hydrogens is 476 g/mol. The Morgan fingerprint density at radius 2 is 1.69 bits per heavy atom. The van der Waals surface area contributed by atoms with Gasteiger partial charge in [0.05, 0.1) is 16.8 Å². The normalized spacial score (nSPS) is 11.3. The summed E-state index contributed by atoms with van der Waals surface area (Å²) in [6.07, 6.45) is 1.43. The lowest BCUT2D eigenvalue weighted by Crippen LogP contribution is -2.39. The number of nitrogens with one attached hydrogen (secondary N) is 1. The molecule has 0 aromatic heterocycles. The molecule has 1 N–H and O–H groups in total. The molecule has 8 nitrogen and oxygen atoms in total. The van der Waals surface area contributed by atoms with Crippen LogP contribution in [0.2, 0.25) is 0 Å². The van der Waals surface area contributed by atoms with Crippen LogP contribution < -0.4 is 14.5 Å². The third kappa shape index (κ3) is 6.93. The Kier molecular flexibility index (Phi) is 8.81. The average molecular weight is 505 g/mol. The zero-order chi connectivity index (χ0) is 26.1. The van der Waals surface area contributed by atoms with E-state index in [-0.39, 0.29) is 17.4 Å². The molecule has 0 bridgehead atoms. The highest BCUT2D eigenvalue weighted by atomic mass is 32.2. The Labute approximate surface area is 211 Å². The van der Waals surface area contributed by atoms with Crippen molar-refractivity contribution in [1.29, 1.82) is 5.26 Å². The fraction of sp³-hybridized carbons (Fsp3) is 0.222. The molecule has 0 radical (unpaired) electrons. The summed E-state index contributed by atoms with van der Waals surface area (Å²) in [6, 6.07) is 22.3. The van der Waals surface area contributed by atoms with E-state index in [1.54, 1.807) is 48.5 Å². The summed E-state index contributed by atoms with van der Waals surface area (Å²) in [6.45, 7) is 5.47. The van der Waals surface area contributed by atoms with Crippen LogP contribution in [0.1, 0.15) is 36.5 Å². The molecule has 0 unspecified atom stereocenters. The quantitative estimate of drug-likeness (QED) is 0.326. The van der Waals surface area contributed by atoms with Gasteiger partial charge in [0.15, 0.2) is 6.61 Å². The van der Waals surface area contributed by atoms with Crippen molar-refractivity contribution in [3.63, 3.8) is 0 Å². The zero-order valence-corrected chi connectivity index (χ0v) is 21.2. The van der Waals surface area contributed by atoms with Gasteiger partial charge >= 0.3 is 0 Å². The van der Waals surface area contributed by atoms with E-state index in [2.05, 4.69) is 10.5 Å². The van der Waals surface area contributed by atoms with Crippen LogP contribution in [0.3, 0.4) is 0 Å². The second-order valence-electron chi connectivity index (χ2n) is 8.38. The first-order valence-corrected chi connectivity index (χ1v) is 12.8. The molecule has 0 aliphatic heterocycles. The molecule has 1 amide bonds. The van der Waals surface area contributed by atoms with E-state index in [1.165, 1.54) is 18.3 Å². The van der Waals surface area contributed by atoms with Crippen molar-refractivity contribution in [3.8, 4) is 11.8 Å². The van der Waals surface area contributed by atoms with Crippen LogP contribution in [-0.2, 0) is 14.8 Å². The number of hydrogen-bond acceptors (Lipinski definition) is 6. The van der Waals surface area contributed by atoms with Crippen LogP contribution in [0, 0.1) is 18.3 Å². The number of ether oxygens (including phenoxy) is 1. The summed E-state index contributed by atoms with van der Waals surface area (Å²) in [7, 11) is -4.00. The monoisotopic (exact) mass is 504 g/mol. The molecule has 0 aliphatic rings. The summed E-state index contributed by atoms with van der Waals surface area (Å²) in [4.78, 5) is 12.8. The van der Waals surface area contributed by atoms with Crippen molar-refractivity contribution in [1.82, 2.24) is 5.43 Å². The number of amides is 1. The van der Waals surface area contributed by atoms with E-state index in [0.717, 1.165) is 15.4 Å². The summed E-state index contributed by atoms with van der Waals surface area (Å²) in [5, 5.41) is 12.5. The number of nitriles is 1. The molecule has 3 aromatic carbocycles.